The van der Waals surface area contributed by atoms with Crippen molar-refractivity contribution in [2.45, 2.75) is 38.1 Å². The predicted octanol–water partition coefficient (Wildman–Crippen LogP) is 0.447. The summed E-state index contributed by atoms with van der Waals surface area (Å²) in [5.41, 5.74) is 0. The van der Waals surface area contributed by atoms with Crippen molar-refractivity contribution in [3.8, 4) is 0 Å². The zero-order valence-electron chi connectivity index (χ0n) is 11.0. The first kappa shape index (κ1) is 14.6. The molecular formula is C12H21N3O3S. The van der Waals surface area contributed by atoms with Gasteiger partial charge >= 0.3 is 11.8 Å². The van der Waals surface area contributed by atoms with E-state index in [1.165, 1.54) is 18.6 Å². The second-order valence-electron chi connectivity index (χ2n) is 4.87. The van der Waals surface area contributed by atoms with Crippen molar-refractivity contribution >= 4 is 23.9 Å². The smallest absolute Gasteiger partial charge is 0.320 e. The van der Waals surface area contributed by atoms with Crippen LogP contribution in [-0.4, -0.2) is 48.5 Å². The van der Waals surface area contributed by atoms with Crippen LogP contribution in [0.4, 0.5) is 0 Å². The molecule has 2 N–H and O–H groups in total. The molecule has 1 heterocycles. The van der Waals surface area contributed by atoms with Crippen LogP contribution in [0.2, 0.25) is 0 Å². The fraction of sp³-hybridized carbons (Fsp3) is 0.833. The van der Waals surface area contributed by atoms with Gasteiger partial charge in [-0.1, -0.05) is 19.3 Å². The largest absolute Gasteiger partial charge is 0.379 e. The van der Waals surface area contributed by atoms with Crippen molar-refractivity contribution in [2.75, 3.05) is 26.3 Å². The number of amides is 2. The molecule has 2 rings (SSSR count). The zero-order valence-corrected chi connectivity index (χ0v) is 11.8. The first-order valence-corrected chi connectivity index (χ1v) is 7.63. The molecule has 2 aliphatic rings. The number of hydrogen-bond donors (Lipinski definition) is 2. The highest BCUT2D eigenvalue weighted by Gasteiger charge is 2.21. The summed E-state index contributed by atoms with van der Waals surface area (Å²) < 4.78 is 9.77. The number of ether oxygens (including phenoxy) is 1. The van der Waals surface area contributed by atoms with Gasteiger partial charge in [0.05, 0.1) is 13.2 Å². The quantitative estimate of drug-likeness (QED) is 0.582. The third kappa shape index (κ3) is 5.00. The molecule has 0 radical (unpaired) electrons. The van der Waals surface area contributed by atoms with E-state index < -0.39 is 11.8 Å². The van der Waals surface area contributed by atoms with Gasteiger partial charge < -0.3 is 10.1 Å². The normalized spacial score (nSPS) is 21.9. The summed E-state index contributed by atoms with van der Waals surface area (Å²) in [7, 11) is 0. The van der Waals surface area contributed by atoms with Gasteiger partial charge in [-0.15, -0.1) is 0 Å². The zero-order chi connectivity index (χ0) is 13.5. The summed E-state index contributed by atoms with van der Waals surface area (Å²) in [6.45, 7) is 2.85. The second-order valence-corrected chi connectivity index (χ2v) is 5.78. The van der Waals surface area contributed by atoms with Gasteiger partial charge in [0, 0.05) is 31.3 Å². The van der Waals surface area contributed by atoms with E-state index in [0.29, 0.717) is 13.2 Å². The van der Waals surface area contributed by atoms with E-state index in [1.807, 2.05) is 4.31 Å². The van der Waals surface area contributed by atoms with Gasteiger partial charge in [-0.25, -0.2) is 4.31 Å². The second kappa shape index (κ2) is 7.72. The summed E-state index contributed by atoms with van der Waals surface area (Å²) in [5.74, 6) is -1.09. The molecule has 0 unspecified atom stereocenters. The first-order chi connectivity index (χ1) is 9.25. The Labute approximate surface area is 117 Å². The van der Waals surface area contributed by atoms with E-state index in [9.17, 15) is 9.59 Å². The highest BCUT2D eigenvalue weighted by atomic mass is 32.2. The summed E-state index contributed by atoms with van der Waals surface area (Å²) in [4.78, 5) is 23.4. The van der Waals surface area contributed by atoms with Gasteiger partial charge in [-0.2, -0.15) is 0 Å². The number of carbonyl (C=O) groups is 2. The van der Waals surface area contributed by atoms with Crippen LogP contribution in [0.1, 0.15) is 32.1 Å². The van der Waals surface area contributed by atoms with Gasteiger partial charge in [0.25, 0.3) is 0 Å². The fourth-order valence-electron chi connectivity index (χ4n) is 2.29. The lowest BCUT2D eigenvalue weighted by Gasteiger charge is -2.25. The SMILES string of the molecule is O=C(NSN1CCOCC1)C(=O)NC1CCCCC1. The van der Waals surface area contributed by atoms with Crippen molar-refractivity contribution in [3.63, 3.8) is 0 Å². The van der Waals surface area contributed by atoms with E-state index >= 15 is 0 Å². The molecular weight excluding hydrogens is 266 g/mol. The number of rotatable bonds is 3. The Bertz CT molecular complexity index is 315. The minimum absolute atomic E-state index is 0.167. The van der Waals surface area contributed by atoms with Gasteiger partial charge in [0.15, 0.2) is 0 Å². The van der Waals surface area contributed by atoms with Crippen LogP contribution in [0.15, 0.2) is 0 Å². The molecule has 2 fully saturated rings. The fourth-order valence-corrected chi connectivity index (χ4v) is 2.92. The van der Waals surface area contributed by atoms with Gasteiger partial charge in [0.1, 0.15) is 0 Å². The van der Waals surface area contributed by atoms with Crippen LogP contribution in [-0.2, 0) is 14.3 Å². The molecule has 1 aliphatic carbocycles. The van der Waals surface area contributed by atoms with Gasteiger partial charge in [0.2, 0.25) is 0 Å². The van der Waals surface area contributed by atoms with E-state index in [-0.39, 0.29) is 6.04 Å². The summed E-state index contributed by atoms with van der Waals surface area (Å²) in [5, 5.41) is 2.80. The Morgan fingerprint density at radius 1 is 1.05 bits per heavy atom. The van der Waals surface area contributed by atoms with Crippen molar-refractivity contribution in [2.24, 2.45) is 0 Å². The third-order valence-electron chi connectivity index (χ3n) is 3.38. The Kier molecular flexibility index (Phi) is 5.93. The van der Waals surface area contributed by atoms with Crippen LogP contribution in [0.25, 0.3) is 0 Å². The molecule has 0 spiro atoms. The molecule has 0 atom stereocenters. The van der Waals surface area contributed by atoms with Crippen molar-refractivity contribution in [1.29, 1.82) is 0 Å². The lowest BCUT2D eigenvalue weighted by molar-refractivity contribution is -0.138. The molecule has 0 bridgehead atoms. The molecule has 108 valence electrons. The van der Waals surface area contributed by atoms with E-state index in [2.05, 4.69) is 10.0 Å². The Balaban J connectivity index is 1.65. The van der Waals surface area contributed by atoms with Gasteiger partial charge in [-0.05, 0) is 12.8 Å². The molecule has 6 nitrogen and oxygen atoms in total. The summed E-state index contributed by atoms with van der Waals surface area (Å²) in [6.07, 6.45) is 5.46. The van der Waals surface area contributed by atoms with Crippen LogP contribution in [0.3, 0.4) is 0 Å². The number of nitrogens with one attached hydrogen (secondary N) is 2. The van der Waals surface area contributed by atoms with Crippen LogP contribution >= 0.6 is 12.1 Å². The van der Waals surface area contributed by atoms with Crippen LogP contribution in [0, 0.1) is 0 Å². The molecule has 1 saturated heterocycles. The minimum Gasteiger partial charge on any atom is -0.379 e. The third-order valence-corrected chi connectivity index (χ3v) is 4.28. The van der Waals surface area contributed by atoms with Crippen molar-refractivity contribution in [3.05, 3.63) is 0 Å². The molecule has 7 heteroatoms. The number of hydrogen-bond acceptors (Lipinski definition) is 5. The highest BCUT2D eigenvalue weighted by Crippen LogP contribution is 2.17. The topological polar surface area (TPSA) is 70.7 Å². The lowest BCUT2D eigenvalue weighted by Crippen LogP contribution is -2.45. The Morgan fingerprint density at radius 3 is 2.42 bits per heavy atom. The maximum absolute atomic E-state index is 11.7. The lowest BCUT2D eigenvalue weighted by atomic mass is 9.95. The molecule has 1 saturated carbocycles. The average Bonchev–Trinajstić information content (AvgIpc) is 2.47. The molecule has 0 aromatic heterocycles. The number of morpholine rings is 1. The first-order valence-electron chi connectivity index (χ1n) is 6.86. The molecule has 1 aliphatic heterocycles. The summed E-state index contributed by atoms with van der Waals surface area (Å²) >= 11 is 1.19. The Hall–Kier alpha value is -0.790. The number of carbonyl (C=O) groups excluding carboxylic acids is 2. The predicted molar refractivity (Wildman–Crippen MR) is 73.1 cm³/mol. The van der Waals surface area contributed by atoms with E-state index in [1.54, 1.807) is 0 Å². The molecule has 19 heavy (non-hydrogen) atoms. The summed E-state index contributed by atoms with van der Waals surface area (Å²) in [6, 6.07) is 0.167. The van der Waals surface area contributed by atoms with Crippen molar-refractivity contribution < 1.29 is 14.3 Å². The van der Waals surface area contributed by atoms with Gasteiger partial charge in [-0.3, -0.25) is 14.3 Å². The highest BCUT2D eigenvalue weighted by molar-refractivity contribution is 7.95. The monoisotopic (exact) mass is 287 g/mol. The molecule has 0 aromatic carbocycles. The molecule has 2 amide bonds. The van der Waals surface area contributed by atoms with E-state index in [4.69, 9.17) is 4.74 Å². The van der Waals surface area contributed by atoms with E-state index in [0.717, 1.165) is 38.8 Å². The Morgan fingerprint density at radius 2 is 1.74 bits per heavy atom. The molecule has 0 aromatic rings. The maximum atomic E-state index is 11.7. The van der Waals surface area contributed by atoms with Crippen molar-refractivity contribution in [1.82, 2.24) is 14.3 Å². The van der Waals surface area contributed by atoms with Crippen LogP contribution < -0.4 is 10.0 Å². The average molecular weight is 287 g/mol. The standard InChI is InChI=1S/C12H21N3O3S/c16-11(13-10-4-2-1-3-5-10)12(17)14-19-15-6-8-18-9-7-15/h10H,1-9H2,(H,13,16)(H,14,17). The maximum Gasteiger partial charge on any atom is 0.320 e. The van der Waals surface area contributed by atoms with Crippen LogP contribution in [0.5, 0.6) is 0 Å². The number of nitrogens with zero attached hydrogens (tertiary/aromatic N) is 1. The minimum atomic E-state index is -0.568.